The minimum atomic E-state index is -0.497. The molecule has 0 unspecified atom stereocenters. The summed E-state index contributed by atoms with van der Waals surface area (Å²) >= 11 is 0. The molecular formula is C20H17N3O3. The average Bonchev–Trinajstić information content (AvgIpc) is 3.01. The van der Waals surface area contributed by atoms with E-state index >= 15 is 0 Å². The van der Waals surface area contributed by atoms with Gasteiger partial charge in [0, 0.05) is 18.7 Å². The molecule has 1 aromatic heterocycles. The molecule has 0 atom stereocenters. The number of hydrogen-bond acceptors (Lipinski definition) is 4. The maximum Gasteiger partial charge on any atom is 0.270 e. The summed E-state index contributed by atoms with van der Waals surface area (Å²) in [4.78, 5) is 27.9. The van der Waals surface area contributed by atoms with Crippen LogP contribution in [0.4, 0.5) is 5.69 Å². The summed E-state index contributed by atoms with van der Waals surface area (Å²) in [5.74, 6) is 0.650. The molecule has 0 saturated heterocycles. The van der Waals surface area contributed by atoms with Gasteiger partial charge in [0.1, 0.15) is 5.82 Å². The Morgan fingerprint density at radius 3 is 2.77 bits per heavy atom. The van der Waals surface area contributed by atoms with Crippen molar-refractivity contribution in [2.45, 2.75) is 26.8 Å². The second-order valence-electron chi connectivity index (χ2n) is 6.63. The van der Waals surface area contributed by atoms with Gasteiger partial charge in [-0.2, -0.15) is 0 Å². The standard InChI is InChI=1S/C20H17N3O3/c1-12-3-4-13(2)15(9-12)10-14-7-8-22-19(14)21-18-6-5-16(23(25)26)11-17(18)20(22)24/h3-6,9-11H,7-8H2,1-2H3/b14-10+. The topological polar surface area (TPSA) is 78.0 Å². The fraction of sp³-hybridized carbons (Fsp3) is 0.200. The Kier molecular flexibility index (Phi) is 3.68. The zero-order valence-electron chi connectivity index (χ0n) is 14.5. The van der Waals surface area contributed by atoms with Gasteiger partial charge in [-0.05, 0) is 49.1 Å². The van der Waals surface area contributed by atoms with Crippen molar-refractivity contribution < 1.29 is 4.92 Å². The number of fused-ring (bicyclic) bond motifs is 2. The highest BCUT2D eigenvalue weighted by molar-refractivity contribution is 5.86. The van der Waals surface area contributed by atoms with E-state index < -0.39 is 4.92 Å². The predicted molar refractivity (Wildman–Crippen MR) is 101 cm³/mol. The molecule has 0 spiro atoms. The molecule has 130 valence electrons. The normalized spacial score (nSPS) is 14.8. The van der Waals surface area contributed by atoms with E-state index in [4.69, 9.17) is 0 Å². The molecule has 6 nitrogen and oxygen atoms in total. The summed E-state index contributed by atoms with van der Waals surface area (Å²) in [6, 6.07) is 10.5. The number of nitro benzene ring substituents is 1. The number of nitro groups is 1. The minimum Gasteiger partial charge on any atom is -0.292 e. The highest BCUT2D eigenvalue weighted by Gasteiger charge is 2.22. The predicted octanol–water partition coefficient (Wildman–Crippen LogP) is 3.87. The molecule has 0 amide bonds. The maximum absolute atomic E-state index is 12.8. The molecule has 0 N–H and O–H groups in total. The summed E-state index contributed by atoms with van der Waals surface area (Å²) in [7, 11) is 0. The molecule has 6 heteroatoms. The van der Waals surface area contributed by atoms with Crippen molar-refractivity contribution >= 4 is 28.2 Å². The highest BCUT2D eigenvalue weighted by atomic mass is 16.6. The number of benzene rings is 2. The van der Waals surface area contributed by atoms with Crippen LogP contribution >= 0.6 is 0 Å². The van der Waals surface area contributed by atoms with Crippen molar-refractivity contribution in [3.05, 3.63) is 79.4 Å². The van der Waals surface area contributed by atoms with E-state index in [0.717, 1.165) is 11.1 Å². The van der Waals surface area contributed by atoms with E-state index in [2.05, 4.69) is 36.2 Å². The minimum absolute atomic E-state index is 0.0962. The zero-order chi connectivity index (χ0) is 18.4. The van der Waals surface area contributed by atoms with E-state index in [1.807, 2.05) is 6.92 Å². The van der Waals surface area contributed by atoms with Gasteiger partial charge in [-0.15, -0.1) is 0 Å². The number of aromatic nitrogens is 2. The second kappa shape index (κ2) is 5.91. The first-order valence-corrected chi connectivity index (χ1v) is 8.41. The molecule has 1 aliphatic rings. The van der Waals surface area contributed by atoms with Gasteiger partial charge in [0.25, 0.3) is 11.2 Å². The van der Waals surface area contributed by atoms with Gasteiger partial charge in [0.05, 0.1) is 15.8 Å². The number of allylic oxidation sites excluding steroid dienone is 1. The quantitative estimate of drug-likeness (QED) is 0.521. The largest absolute Gasteiger partial charge is 0.292 e. The molecule has 0 fully saturated rings. The van der Waals surface area contributed by atoms with Crippen LogP contribution in [-0.2, 0) is 6.54 Å². The molecule has 0 bridgehead atoms. The van der Waals surface area contributed by atoms with Crippen molar-refractivity contribution in [1.82, 2.24) is 9.55 Å². The van der Waals surface area contributed by atoms with Crippen molar-refractivity contribution in [3.63, 3.8) is 0 Å². The molecule has 0 aliphatic carbocycles. The molecule has 0 radical (unpaired) electrons. The first kappa shape index (κ1) is 16.2. The van der Waals surface area contributed by atoms with Crippen LogP contribution in [0.5, 0.6) is 0 Å². The lowest BCUT2D eigenvalue weighted by Gasteiger charge is -2.07. The highest BCUT2D eigenvalue weighted by Crippen LogP contribution is 2.29. The second-order valence-corrected chi connectivity index (χ2v) is 6.63. The third-order valence-corrected chi connectivity index (χ3v) is 4.80. The van der Waals surface area contributed by atoms with Gasteiger partial charge in [0.15, 0.2) is 0 Å². The summed E-state index contributed by atoms with van der Waals surface area (Å²) in [6.07, 6.45) is 2.80. The van der Waals surface area contributed by atoms with Gasteiger partial charge < -0.3 is 0 Å². The lowest BCUT2D eigenvalue weighted by molar-refractivity contribution is -0.384. The average molecular weight is 347 g/mol. The zero-order valence-corrected chi connectivity index (χ0v) is 14.5. The van der Waals surface area contributed by atoms with Crippen LogP contribution in [-0.4, -0.2) is 14.5 Å². The van der Waals surface area contributed by atoms with Crippen LogP contribution in [0, 0.1) is 24.0 Å². The van der Waals surface area contributed by atoms with Crippen molar-refractivity contribution in [1.29, 1.82) is 0 Å². The van der Waals surface area contributed by atoms with Gasteiger partial charge in [0.2, 0.25) is 0 Å². The molecule has 4 rings (SSSR count). The fourth-order valence-electron chi connectivity index (χ4n) is 3.36. The van der Waals surface area contributed by atoms with E-state index in [-0.39, 0.29) is 16.6 Å². The lowest BCUT2D eigenvalue weighted by atomic mass is 10.0. The number of non-ortho nitro benzene ring substituents is 1. The van der Waals surface area contributed by atoms with Gasteiger partial charge in [-0.3, -0.25) is 19.5 Å². The summed E-state index contributed by atoms with van der Waals surface area (Å²) in [5.41, 5.74) is 4.64. The lowest BCUT2D eigenvalue weighted by Crippen LogP contribution is -2.20. The number of nitrogens with zero attached hydrogens (tertiary/aromatic N) is 3. The smallest absolute Gasteiger partial charge is 0.270 e. The first-order chi connectivity index (χ1) is 12.4. The van der Waals surface area contributed by atoms with Crippen LogP contribution in [0.3, 0.4) is 0 Å². The Morgan fingerprint density at radius 2 is 2.00 bits per heavy atom. The maximum atomic E-state index is 12.8. The number of rotatable bonds is 2. The summed E-state index contributed by atoms with van der Waals surface area (Å²) in [6.45, 7) is 4.64. The third-order valence-electron chi connectivity index (χ3n) is 4.80. The SMILES string of the molecule is Cc1ccc(C)c(/C=C2\CCn3c2nc2ccc([N+](=O)[O-])cc2c3=O)c1. The monoisotopic (exact) mass is 347 g/mol. The Balaban J connectivity index is 1.90. The molecule has 2 heterocycles. The molecule has 1 aliphatic heterocycles. The van der Waals surface area contributed by atoms with Gasteiger partial charge >= 0.3 is 0 Å². The Morgan fingerprint density at radius 1 is 1.19 bits per heavy atom. The van der Waals surface area contributed by atoms with Crippen LogP contribution in [0.2, 0.25) is 0 Å². The molecule has 3 aromatic rings. The van der Waals surface area contributed by atoms with Crippen LogP contribution in [0.25, 0.3) is 22.6 Å². The molecule has 26 heavy (non-hydrogen) atoms. The Bertz CT molecular complexity index is 1160. The van der Waals surface area contributed by atoms with E-state index in [0.29, 0.717) is 24.3 Å². The van der Waals surface area contributed by atoms with Crippen LogP contribution in [0.15, 0.2) is 41.2 Å². The van der Waals surface area contributed by atoms with E-state index in [9.17, 15) is 14.9 Å². The van der Waals surface area contributed by atoms with Gasteiger partial charge in [-0.25, -0.2) is 4.98 Å². The summed E-state index contributed by atoms with van der Waals surface area (Å²) < 4.78 is 1.61. The van der Waals surface area contributed by atoms with Gasteiger partial charge in [-0.1, -0.05) is 23.8 Å². The fourth-order valence-corrected chi connectivity index (χ4v) is 3.36. The van der Waals surface area contributed by atoms with Crippen molar-refractivity contribution in [3.8, 4) is 0 Å². The van der Waals surface area contributed by atoms with Crippen LogP contribution < -0.4 is 5.56 Å². The molecule has 2 aromatic carbocycles. The first-order valence-electron chi connectivity index (χ1n) is 8.41. The van der Waals surface area contributed by atoms with Crippen LogP contribution in [0.1, 0.15) is 28.9 Å². The Labute approximate surface area is 149 Å². The van der Waals surface area contributed by atoms with E-state index in [1.54, 1.807) is 10.6 Å². The van der Waals surface area contributed by atoms with E-state index in [1.165, 1.54) is 23.3 Å². The summed E-state index contributed by atoms with van der Waals surface area (Å²) in [5, 5.41) is 11.3. The number of hydrogen-bond donors (Lipinski definition) is 0. The Hall–Kier alpha value is -3.28. The van der Waals surface area contributed by atoms with Crippen molar-refractivity contribution in [2.24, 2.45) is 0 Å². The third kappa shape index (κ3) is 2.60. The molecule has 0 saturated carbocycles. The van der Waals surface area contributed by atoms with Crippen molar-refractivity contribution in [2.75, 3.05) is 0 Å². The number of aryl methyl sites for hydroxylation is 2. The molecular weight excluding hydrogens is 330 g/mol.